The number of hydrogen-bond acceptors (Lipinski definition) is 4. The van der Waals surface area contributed by atoms with Gasteiger partial charge >= 0.3 is 0 Å². The molecule has 1 rings (SSSR count). The van der Waals surface area contributed by atoms with Gasteiger partial charge in [-0.15, -0.1) is 11.3 Å². The third kappa shape index (κ3) is 3.36. The van der Waals surface area contributed by atoms with Crippen LogP contribution < -0.4 is 5.73 Å². The molecule has 0 aromatic carbocycles. The van der Waals surface area contributed by atoms with E-state index in [9.17, 15) is 0 Å². The Morgan fingerprint density at radius 2 is 2.21 bits per heavy atom. The van der Waals surface area contributed by atoms with Crippen LogP contribution >= 0.6 is 11.3 Å². The van der Waals surface area contributed by atoms with E-state index in [2.05, 4.69) is 11.9 Å². The summed E-state index contributed by atoms with van der Waals surface area (Å²) in [7, 11) is 1.70. The molecule has 1 heterocycles. The Morgan fingerprint density at radius 1 is 1.50 bits per heavy atom. The fraction of sp³-hybridized carbons (Fsp3) is 0.700. The van der Waals surface area contributed by atoms with Gasteiger partial charge in [0.2, 0.25) is 0 Å². The van der Waals surface area contributed by atoms with Crippen LogP contribution in [0.15, 0.2) is 0 Å². The Morgan fingerprint density at radius 3 is 2.71 bits per heavy atom. The molecule has 0 aliphatic rings. The number of aromatic nitrogens is 1. The molecule has 3 nitrogen and oxygen atoms in total. The summed E-state index contributed by atoms with van der Waals surface area (Å²) in [5.74, 6) is 0. The number of rotatable bonds is 5. The van der Waals surface area contributed by atoms with Crippen LogP contribution in [0, 0.1) is 13.8 Å². The lowest BCUT2D eigenvalue weighted by Crippen LogP contribution is -2.24. The number of ether oxygens (including phenoxy) is 1. The predicted octanol–water partition coefficient (Wildman–Crippen LogP) is 1.67. The first-order valence-electron chi connectivity index (χ1n) is 4.81. The average molecular weight is 214 g/mol. The quantitative estimate of drug-likeness (QED) is 0.811. The zero-order valence-corrected chi connectivity index (χ0v) is 9.86. The topological polar surface area (TPSA) is 48.1 Å². The summed E-state index contributed by atoms with van der Waals surface area (Å²) in [4.78, 5) is 5.75. The lowest BCUT2D eigenvalue weighted by molar-refractivity contribution is 0.188. The van der Waals surface area contributed by atoms with Gasteiger partial charge in [-0.2, -0.15) is 0 Å². The van der Waals surface area contributed by atoms with Crippen molar-refractivity contribution < 1.29 is 4.74 Å². The average Bonchev–Trinajstić information content (AvgIpc) is 2.42. The fourth-order valence-corrected chi connectivity index (χ4v) is 2.25. The second kappa shape index (κ2) is 5.44. The molecule has 0 bridgehead atoms. The van der Waals surface area contributed by atoms with Gasteiger partial charge in [-0.1, -0.05) is 0 Å². The van der Waals surface area contributed by atoms with E-state index in [1.54, 1.807) is 18.4 Å². The molecule has 0 saturated heterocycles. The molecule has 0 spiro atoms. The fourth-order valence-electron chi connectivity index (χ4n) is 1.22. The highest BCUT2D eigenvalue weighted by Gasteiger charge is 2.08. The highest BCUT2D eigenvalue weighted by Crippen LogP contribution is 2.17. The van der Waals surface area contributed by atoms with E-state index in [1.165, 1.54) is 4.88 Å². The van der Waals surface area contributed by atoms with Gasteiger partial charge in [-0.3, -0.25) is 0 Å². The van der Waals surface area contributed by atoms with Crippen molar-refractivity contribution >= 4 is 11.3 Å². The summed E-state index contributed by atoms with van der Waals surface area (Å²) in [6, 6.07) is 0.167. The van der Waals surface area contributed by atoms with Crippen molar-refractivity contribution in [3.05, 3.63) is 15.6 Å². The minimum atomic E-state index is 0.167. The molecular formula is C10H18N2OS. The molecule has 0 aliphatic carbocycles. The van der Waals surface area contributed by atoms with Gasteiger partial charge < -0.3 is 10.5 Å². The van der Waals surface area contributed by atoms with E-state index < -0.39 is 0 Å². The van der Waals surface area contributed by atoms with E-state index >= 15 is 0 Å². The van der Waals surface area contributed by atoms with Gasteiger partial charge in [0.25, 0.3) is 0 Å². The molecular weight excluding hydrogens is 196 g/mol. The Hall–Kier alpha value is -0.450. The summed E-state index contributed by atoms with van der Waals surface area (Å²) in [5.41, 5.74) is 7.07. The van der Waals surface area contributed by atoms with Gasteiger partial charge in [0, 0.05) is 31.1 Å². The van der Waals surface area contributed by atoms with Gasteiger partial charge in [-0.25, -0.2) is 4.98 Å². The maximum Gasteiger partial charge on any atom is 0.0946 e. The molecule has 0 amide bonds. The molecule has 0 aliphatic heterocycles. The molecule has 0 fully saturated rings. The molecule has 0 radical (unpaired) electrons. The Labute approximate surface area is 89.3 Å². The van der Waals surface area contributed by atoms with E-state index in [-0.39, 0.29) is 6.04 Å². The van der Waals surface area contributed by atoms with Crippen molar-refractivity contribution in [2.45, 2.75) is 32.7 Å². The van der Waals surface area contributed by atoms with Crippen LogP contribution in [0.2, 0.25) is 0 Å². The van der Waals surface area contributed by atoms with E-state index in [0.29, 0.717) is 0 Å². The maximum absolute atomic E-state index is 5.94. The number of nitrogens with two attached hydrogens (primary N) is 1. The lowest BCUT2D eigenvalue weighted by atomic mass is 10.2. The minimum absolute atomic E-state index is 0.167. The summed E-state index contributed by atoms with van der Waals surface area (Å²) in [5, 5.41) is 1.14. The number of hydrogen-bond donors (Lipinski definition) is 1. The highest BCUT2D eigenvalue weighted by atomic mass is 32.1. The van der Waals surface area contributed by atoms with Crippen LogP contribution in [0.3, 0.4) is 0 Å². The van der Waals surface area contributed by atoms with E-state index in [4.69, 9.17) is 10.5 Å². The number of aryl methyl sites for hydroxylation is 2. The van der Waals surface area contributed by atoms with Gasteiger partial charge in [0.1, 0.15) is 0 Å². The smallest absolute Gasteiger partial charge is 0.0946 e. The molecule has 14 heavy (non-hydrogen) atoms. The van der Waals surface area contributed by atoms with Crippen LogP contribution in [-0.2, 0) is 11.2 Å². The van der Waals surface area contributed by atoms with Crippen molar-refractivity contribution in [1.29, 1.82) is 0 Å². The van der Waals surface area contributed by atoms with E-state index in [1.807, 2.05) is 6.92 Å². The predicted molar refractivity (Wildman–Crippen MR) is 59.8 cm³/mol. The first-order valence-corrected chi connectivity index (χ1v) is 5.62. The van der Waals surface area contributed by atoms with Crippen LogP contribution in [0.4, 0.5) is 0 Å². The first-order chi connectivity index (χ1) is 6.63. The third-order valence-electron chi connectivity index (χ3n) is 2.20. The summed E-state index contributed by atoms with van der Waals surface area (Å²) < 4.78 is 4.98. The normalized spacial score (nSPS) is 13.1. The molecule has 0 saturated carbocycles. The second-order valence-electron chi connectivity index (χ2n) is 3.49. The van der Waals surface area contributed by atoms with Crippen molar-refractivity contribution in [1.82, 2.24) is 4.98 Å². The number of nitrogens with zero attached hydrogens (tertiary/aromatic N) is 1. The minimum Gasteiger partial charge on any atom is -0.385 e. The van der Waals surface area contributed by atoms with Crippen LogP contribution in [-0.4, -0.2) is 24.7 Å². The Bertz CT molecular complexity index is 266. The zero-order valence-electron chi connectivity index (χ0n) is 9.04. The Balaban J connectivity index is 2.43. The molecule has 1 unspecified atom stereocenters. The van der Waals surface area contributed by atoms with Gasteiger partial charge in [-0.05, 0) is 20.3 Å². The summed E-state index contributed by atoms with van der Waals surface area (Å²) >= 11 is 1.74. The second-order valence-corrected chi connectivity index (χ2v) is 4.78. The summed E-state index contributed by atoms with van der Waals surface area (Å²) in [6.45, 7) is 4.86. The maximum atomic E-state index is 5.94. The van der Waals surface area contributed by atoms with Gasteiger partial charge in [0.05, 0.1) is 10.7 Å². The van der Waals surface area contributed by atoms with E-state index in [0.717, 1.165) is 30.2 Å². The Kier molecular flexibility index (Phi) is 4.51. The highest BCUT2D eigenvalue weighted by molar-refractivity contribution is 7.11. The largest absolute Gasteiger partial charge is 0.385 e. The molecule has 1 aromatic rings. The molecule has 1 atom stereocenters. The van der Waals surface area contributed by atoms with Gasteiger partial charge in [0.15, 0.2) is 0 Å². The van der Waals surface area contributed by atoms with Crippen molar-refractivity contribution in [3.63, 3.8) is 0 Å². The molecule has 2 N–H and O–H groups in total. The van der Waals surface area contributed by atoms with Crippen molar-refractivity contribution in [2.24, 2.45) is 5.73 Å². The zero-order chi connectivity index (χ0) is 10.6. The number of methoxy groups -OCH3 is 1. The lowest BCUT2D eigenvalue weighted by Gasteiger charge is -2.07. The molecule has 4 heteroatoms. The number of thiazole rings is 1. The standard InChI is InChI=1S/C10H18N2OS/c1-7-8(2)14-10(12-7)6-9(11)4-5-13-3/h9H,4-6,11H2,1-3H3. The van der Waals surface area contributed by atoms with Crippen molar-refractivity contribution in [3.8, 4) is 0 Å². The first kappa shape index (κ1) is 11.6. The molecule has 80 valence electrons. The van der Waals surface area contributed by atoms with Crippen LogP contribution in [0.1, 0.15) is 22.0 Å². The van der Waals surface area contributed by atoms with Crippen LogP contribution in [0.25, 0.3) is 0 Å². The summed E-state index contributed by atoms with van der Waals surface area (Å²) in [6.07, 6.45) is 1.76. The van der Waals surface area contributed by atoms with Crippen LogP contribution in [0.5, 0.6) is 0 Å². The SMILES string of the molecule is COCCC(N)Cc1nc(C)c(C)s1. The monoisotopic (exact) mass is 214 g/mol. The van der Waals surface area contributed by atoms with Crippen molar-refractivity contribution in [2.75, 3.05) is 13.7 Å². The third-order valence-corrected chi connectivity index (χ3v) is 3.30. The molecule has 1 aromatic heterocycles.